The molecule has 2 rings (SSSR count). The average molecular weight is 185 g/mol. The molecule has 1 radical (unpaired) electrons. The lowest BCUT2D eigenvalue weighted by Gasteiger charge is -2.03. The molecule has 1 heterocycles. The van der Waals surface area contributed by atoms with E-state index in [9.17, 15) is 0 Å². The summed E-state index contributed by atoms with van der Waals surface area (Å²) >= 11 is 0. The van der Waals surface area contributed by atoms with Crippen LogP contribution in [0.4, 0.5) is 0 Å². The maximum Gasteiger partial charge on any atom is 0.0991 e. The zero-order valence-electron chi connectivity index (χ0n) is 8.06. The van der Waals surface area contributed by atoms with Crippen molar-refractivity contribution < 1.29 is 0 Å². The Morgan fingerprint density at radius 3 is 2.57 bits per heavy atom. The van der Waals surface area contributed by atoms with E-state index in [1.54, 1.807) is 12.5 Å². The van der Waals surface area contributed by atoms with Crippen molar-refractivity contribution in [2.24, 2.45) is 0 Å². The van der Waals surface area contributed by atoms with Gasteiger partial charge < -0.3 is 4.57 Å². The first-order valence-electron chi connectivity index (χ1n) is 4.76. The molecule has 0 atom stereocenters. The van der Waals surface area contributed by atoms with Crippen molar-refractivity contribution in [1.29, 1.82) is 0 Å². The van der Waals surface area contributed by atoms with E-state index in [-0.39, 0.29) is 0 Å². The Morgan fingerprint density at radius 1 is 1.21 bits per heavy atom. The summed E-state index contributed by atoms with van der Waals surface area (Å²) in [7, 11) is 0. The van der Waals surface area contributed by atoms with Gasteiger partial charge in [0.1, 0.15) is 0 Å². The molecule has 0 amide bonds. The second kappa shape index (κ2) is 4.09. The van der Waals surface area contributed by atoms with E-state index >= 15 is 0 Å². The van der Waals surface area contributed by atoms with Crippen molar-refractivity contribution >= 4 is 0 Å². The summed E-state index contributed by atoms with van der Waals surface area (Å²) in [5, 5.41) is 0. The highest BCUT2D eigenvalue weighted by molar-refractivity contribution is 5.34. The standard InChI is InChI=1S/C12H13N2/c1-2-3-11-4-6-12(7-5-11)14-9-8-13-10-14/h4-10H,1-3H2. The Bertz CT molecular complexity index is 373. The van der Waals surface area contributed by atoms with Gasteiger partial charge in [-0.3, -0.25) is 0 Å². The molecule has 2 heteroatoms. The van der Waals surface area contributed by atoms with Crippen LogP contribution in [-0.4, -0.2) is 9.55 Å². The SMILES string of the molecule is [CH2]CCc1ccc(-n2ccnc2)cc1. The molecule has 1 aromatic carbocycles. The number of aryl methyl sites for hydroxylation is 1. The zero-order chi connectivity index (χ0) is 9.80. The van der Waals surface area contributed by atoms with Gasteiger partial charge in [0.15, 0.2) is 0 Å². The summed E-state index contributed by atoms with van der Waals surface area (Å²) in [6, 6.07) is 8.49. The van der Waals surface area contributed by atoms with Gasteiger partial charge in [-0.2, -0.15) is 0 Å². The maximum atomic E-state index is 4.01. The lowest BCUT2D eigenvalue weighted by Crippen LogP contribution is -1.90. The molecule has 71 valence electrons. The van der Waals surface area contributed by atoms with E-state index in [2.05, 4.69) is 36.2 Å². The highest BCUT2D eigenvalue weighted by Crippen LogP contribution is 2.10. The molecule has 0 spiro atoms. The first-order valence-corrected chi connectivity index (χ1v) is 4.76. The molecule has 0 saturated carbocycles. The van der Waals surface area contributed by atoms with Gasteiger partial charge in [-0.05, 0) is 30.5 Å². The van der Waals surface area contributed by atoms with Crippen LogP contribution < -0.4 is 0 Å². The summed E-state index contributed by atoms with van der Waals surface area (Å²) in [6.45, 7) is 3.84. The maximum absolute atomic E-state index is 4.01. The van der Waals surface area contributed by atoms with E-state index in [1.165, 1.54) is 5.56 Å². The van der Waals surface area contributed by atoms with Crippen LogP contribution in [0.5, 0.6) is 0 Å². The van der Waals surface area contributed by atoms with Crippen LogP contribution in [-0.2, 0) is 6.42 Å². The van der Waals surface area contributed by atoms with Crippen LogP contribution in [0.15, 0.2) is 43.0 Å². The lowest BCUT2D eigenvalue weighted by molar-refractivity contribution is 0.991. The second-order valence-electron chi connectivity index (χ2n) is 3.24. The Kier molecular flexibility index (Phi) is 2.63. The highest BCUT2D eigenvalue weighted by atomic mass is 15.0. The van der Waals surface area contributed by atoms with E-state index in [0.29, 0.717) is 0 Å². The fourth-order valence-electron chi connectivity index (χ4n) is 1.45. The zero-order valence-corrected chi connectivity index (χ0v) is 8.06. The first kappa shape index (κ1) is 9.00. The number of rotatable bonds is 3. The number of benzene rings is 1. The van der Waals surface area contributed by atoms with Crippen molar-refractivity contribution in [1.82, 2.24) is 9.55 Å². The summed E-state index contributed by atoms with van der Waals surface area (Å²) in [5.41, 5.74) is 2.49. The monoisotopic (exact) mass is 185 g/mol. The Morgan fingerprint density at radius 2 is 2.00 bits per heavy atom. The van der Waals surface area contributed by atoms with E-state index in [1.807, 2.05) is 10.8 Å². The molecular formula is C12H13N2. The minimum Gasteiger partial charge on any atom is -0.306 e. The topological polar surface area (TPSA) is 17.8 Å². The first-order chi connectivity index (χ1) is 6.90. The third kappa shape index (κ3) is 1.84. The number of aromatic nitrogens is 2. The van der Waals surface area contributed by atoms with Crippen molar-refractivity contribution in [3.8, 4) is 5.69 Å². The number of nitrogens with zero attached hydrogens (tertiary/aromatic N) is 2. The van der Waals surface area contributed by atoms with E-state index in [4.69, 9.17) is 0 Å². The van der Waals surface area contributed by atoms with E-state index in [0.717, 1.165) is 18.5 Å². The fraction of sp³-hybridized carbons (Fsp3) is 0.167. The molecule has 2 nitrogen and oxygen atoms in total. The molecule has 0 aliphatic carbocycles. The van der Waals surface area contributed by atoms with Crippen LogP contribution in [0.25, 0.3) is 5.69 Å². The van der Waals surface area contributed by atoms with Gasteiger partial charge in [-0.15, -0.1) is 0 Å². The van der Waals surface area contributed by atoms with Crippen molar-refractivity contribution in [2.75, 3.05) is 0 Å². The largest absolute Gasteiger partial charge is 0.306 e. The predicted octanol–water partition coefficient (Wildman–Crippen LogP) is 2.64. The van der Waals surface area contributed by atoms with Gasteiger partial charge in [-0.25, -0.2) is 4.98 Å². The minimum atomic E-state index is 0.949. The van der Waals surface area contributed by atoms with Crippen LogP contribution in [0, 0.1) is 6.92 Å². The smallest absolute Gasteiger partial charge is 0.0991 e. The van der Waals surface area contributed by atoms with Gasteiger partial charge >= 0.3 is 0 Å². The van der Waals surface area contributed by atoms with Gasteiger partial charge in [0.2, 0.25) is 0 Å². The van der Waals surface area contributed by atoms with Crippen LogP contribution >= 0.6 is 0 Å². The highest BCUT2D eigenvalue weighted by Gasteiger charge is 1.95. The third-order valence-electron chi connectivity index (χ3n) is 2.20. The average Bonchev–Trinajstić information content (AvgIpc) is 2.72. The molecule has 14 heavy (non-hydrogen) atoms. The summed E-state index contributed by atoms with van der Waals surface area (Å²) in [6.07, 6.45) is 7.52. The molecule has 0 aliphatic heterocycles. The summed E-state index contributed by atoms with van der Waals surface area (Å²) in [4.78, 5) is 4.01. The molecular weight excluding hydrogens is 172 g/mol. The molecule has 2 aromatic rings. The lowest BCUT2D eigenvalue weighted by atomic mass is 10.1. The van der Waals surface area contributed by atoms with Gasteiger partial charge in [0, 0.05) is 18.1 Å². The van der Waals surface area contributed by atoms with Crippen LogP contribution in [0.3, 0.4) is 0 Å². The number of hydrogen-bond donors (Lipinski definition) is 0. The summed E-state index contributed by atoms with van der Waals surface area (Å²) < 4.78 is 1.99. The molecule has 0 saturated heterocycles. The van der Waals surface area contributed by atoms with Gasteiger partial charge in [0.25, 0.3) is 0 Å². The fourth-order valence-corrected chi connectivity index (χ4v) is 1.45. The van der Waals surface area contributed by atoms with Gasteiger partial charge in [0.05, 0.1) is 6.33 Å². The number of imidazole rings is 1. The number of hydrogen-bond acceptors (Lipinski definition) is 1. The Labute approximate surface area is 84.2 Å². The van der Waals surface area contributed by atoms with Crippen molar-refractivity contribution in [3.05, 3.63) is 55.5 Å². The second-order valence-corrected chi connectivity index (χ2v) is 3.24. The van der Waals surface area contributed by atoms with Crippen molar-refractivity contribution in [3.63, 3.8) is 0 Å². The molecule has 0 unspecified atom stereocenters. The summed E-state index contributed by atoms with van der Waals surface area (Å²) in [5.74, 6) is 0. The molecule has 1 aromatic heterocycles. The molecule has 0 aliphatic rings. The Balaban J connectivity index is 2.22. The normalized spacial score (nSPS) is 10.4. The van der Waals surface area contributed by atoms with Gasteiger partial charge in [-0.1, -0.05) is 19.1 Å². The van der Waals surface area contributed by atoms with E-state index < -0.39 is 0 Å². The minimum absolute atomic E-state index is 0.949. The molecule has 0 fully saturated rings. The Hall–Kier alpha value is -1.57. The predicted molar refractivity (Wildman–Crippen MR) is 57.2 cm³/mol. The quantitative estimate of drug-likeness (QED) is 0.718. The van der Waals surface area contributed by atoms with Crippen LogP contribution in [0.2, 0.25) is 0 Å². The molecule has 0 N–H and O–H groups in total. The van der Waals surface area contributed by atoms with Crippen LogP contribution in [0.1, 0.15) is 12.0 Å². The molecule has 0 bridgehead atoms. The van der Waals surface area contributed by atoms with Crippen molar-refractivity contribution in [2.45, 2.75) is 12.8 Å². The third-order valence-corrected chi connectivity index (χ3v) is 2.20.